The van der Waals surface area contributed by atoms with Crippen molar-refractivity contribution in [3.05, 3.63) is 36.3 Å². The SMILES string of the molecule is I.NC(=NCc1cn2ccccc2n1)NCCCN1CCOCC1. The zero-order valence-corrected chi connectivity index (χ0v) is 16.1. The zero-order valence-electron chi connectivity index (χ0n) is 13.7. The van der Waals surface area contributed by atoms with Gasteiger partial charge in [-0.15, -0.1) is 24.0 Å². The van der Waals surface area contributed by atoms with Crippen LogP contribution in [0.2, 0.25) is 0 Å². The number of hydrogen-bond acceptors (Lipinski definition) is 4. The number of rotatable bonds is 6. The lowest BCUT2D eigenvalue weighted by Gasteiger charge is -2.26. The van der Waals surface area contributed by atoms with E-state index in [1.165, 1.54) is 0 Å². The molecule has 7 nitrogen and oxygen atoms in total. The molecule has 3 rings (SSSR count). The molecule has 0 bridgehead atoms. The summed E-state index contributed by atoms with van der Waals surface area (Å²) >= 11 is 0. The number of hydrogen-bond donors (Lipinski definition) is 2. The summed E-state index contributed by atoms with van der Waals surface area (Å²) in [6.07, 6.45) is 5.00. The first kappa shape index (κ1) is 18.9. The van der Waals surface area contributed by atoms with Gasteiger partial charge in [0, 0.05) is 32.0 Å². The Morgan fingerprint density at radius 1 is 1.33 bits per heavy atom. The summed E-state index contributed by atoms with van der Waals surface area (Å²) in [5, 5.41) is 3.16. The number of aliphatic imine (C=N–C) groups is 1. The van der Waals surface area contributed by atoms with Gasteiger partial charge in [-0.05, 0) is 25.1 Å². The highest BCUT2D eigenvalue weighted by atomic mass is 127. The molecule has 2 aromatic rings. The maximum absolute atomic E-state index is 5.91. The Balaban J connectivity index is 0.00000208. The molecule has 2 aromatic heterocycles. The molecule has 24 heavy (non-hydrogen) atoms. The van der Waals surface area contributed by atoms with Crippen LogP contribution in [-0.4, -0.2) is 59.6 Å². The van der Waals surface area contributed by atoms with Crippen molar-refractivity contribution in [1.82, 2.24) is 19.6 Å². The number of pyridine rings is 1. The first-order valence-corrected chi connectivity index (χ1v) is 8.08. The van der Waals surface area contributed by atoms with Crippen molar-refractivity contribution >= 4 is 35.6 Å². The highest BCUT2D eigenvalue weighted by Gasteiger charge is 2.09. The molecule has 0 amide bonds. The van der Waals surface area contributed by atoms with Crippen molar-refractivity contribution in [2.24, 2.45) is 10.7 Å². The average Bonchev–Trinajstić information content (AvgIpc) is 3.01. The molecule has 1 aliphatic heterocycles. The second-order valence-electron chi connectivity index (χ2n) is 5.63. The van der Waals surface area contributed by atoms with Gasteiger partial charge in [-0.3, -0.25) is 4.90 Å². The fourth-order valence-electron chi connectivity index (χ4n) is 2.63. The van der Waals surface area contributed by atoms with Gasteiger partial charge in [0.2, 0.25) is 0 Å². The van der Waals surface area contributed by atoms with Crippen molar-refractivity contribution in [3.63, 3.8) is 0 Å². The topological polar surface area (TPSA) is 80.2 Å². The number of imidazole rings is 1. The molecule has 1 fully saturated rings. The molecule has 0 spiro atoms. The number of nitrogens with zero attached hydrogens (tertiary/aromatic N) is 4. The van der Waals surface area contributed by atoms with Crippen molar-refractivity contribution in [2.75, 3.05) is 39.4 Å². The Kier molecular flexibility index (Phi) is 7.73. The fourth-order valence-corrected chi connectivity index (χ4v) is 2.63. The third-order valence-electron chi connectivity index (χ3n) is 3.89. The van der Waals surface area contributed by atoms with E-state index in [0.29, 0.717) is 12.5 Å². The van der Waals surface area contributed by atoms with E-state index in [-0.39, 0.29) is 24.0 Å². The monoisotopic (exact) mass is 444 g/mol. The lowest BCUT2D eigenvalue weighted by atomic mass is 10.3. The lowest BCUT2D eigenvalue weighted by Crippen LogP contribution is -2.39. The molecule has 0 atom stereocenters. The van der Waals surface area contributed by atoms with Crippen LogP contribution in [0.15, 0.2) is 35.6 Å². The minimum atomic E-state index is 0. The van der Waals surface area contributed by atoms with Crippen LogP contribution in [0.1, 0.15) is 12.1 Å². The van der Waals surface area contributed by atoms with Crippen LogP contribution in [0.4, 0.5) is 0 Å². The number of ether oxygens (including phenoxy) is 1. The molecule has 0 aliphatic carbocycles. The highest BCUT2D eigenvalue weighted by Crippen LogP contribution is 2.05. The molecule has 3 N–H and O–H groups in total. The minimum Gasteiger partial charge on any atom is -0.379 e. The van der Waals surface area contributed by atoms with Crippen molar-refractivity contribution in [1.29, 1.82) is 0 Å². The maximum atomic E-state index is 5.91. The number of nitrogens with one attached hydrogen (secondary N) is 1. The van der Waals surface area contributed by atoms with E-state index in [4.69, 9.17) is 10.5 Å². The van der Waals surface area contributed by atoms with E-state index in [9.17, 15) is 0 Å². The second kappa shape index (κ2) is 9.80. The van der Waals surface area contributed by atoms with E-state index >= 15 is 0 Å². The Morgan fingerprint density at radius 2 is 2.17 bits per heavy atom. The third-order valence-corrected chi connectivity index (χ3v) is 3.89. The van der Waals surface area contributed by atoms with E-state index < -0.39 is 0 Å². The standard InChI is InChI=1S/C16H24N6O.HI/c17-16(18-5-3-6-21-8-10-23-11-9-21)19-12-14-13-22-7-2-1-4-15(22)20-14;/h1-2,4,7,13H,3,5-6,8-12H2,(H3,17,18,19);1H. The summed E-state index contributed by atoms with van der Waals surface area (Å²) in [5.41, 5.74) is 7.74. The smallest absolute Gasteiger partial charge is 0.188 e. The van der Waals surface area contributed by atoms with Crippen LogP contribution in [0, 0.1) is 0 Å². The van der Waals surface area contributed by atoms with Crippen LogP contribution in [0.3, 0.4) is 0 Å². The zero-order chi connectivity index (χ0) is 15.9. The summed E-state index contributed by atoms with van der Waals surface area (Å²) in [7, 11) is 0. The molecule has 132 valence electrons. The minimum absolute atomic E-state index is 0. The Bertz CT molecular complexity index is 620. The van der Waals surface area contributed by atoms with Crippen LogP contribution in [0.5, 0.6) is 0 Å². The molecule has 0 radical (unpaired) electrons. The largest absolute Gasteiger partial charge is 0.379 e. The molecule has 1 aliphatic rings. The van der Waals surface area contributed by atoms with Crippen LogP contribution in [-0.2, 0) is 11.3 Å². The predicted octanol–water partition coefficient (Wildman–Crippen LogP) is 1.08. The highest BCUT2D eigenvalue weighted by molar-refractivity contribution is 14.0. The van der Waals surface area contributed by atoms with Gasteiger partial charge >= 0.3 is 0 Å². The molecular weight excluding hydrogens is 419 g/mol. The number of morpholine rings is 1. The first-order chi connectivity index (χ1) is 11.3. The number of aromatic nitrogens is 2. The van der Waals surface area contributed by atoms with E-state index in [0.717, 1.165) is 57.2 Å². The second-order valence-corrected chi connectivity index (χ2v) is 5.63. The lowest BCUT2D eigenvalue weighted by molar-refractivity contribution is 0.0376. The van der Waals surface area contributed by atoms with Crippen LogP contribution < -0.4 is 11.1 Å². The Labute approximate surface area is 159 Å². The van der Waals surface area contributed by atoms with Gasteiger partial charge < -0.3 is 20.2 Å². The Morgan fingerprint density at radius 3 is 2.96 bits per heavy atom. The number of nitrogens with two attached hydrogens (primary N) is 1. The first-order valence-electron chi connectivity index (χ1n) is 8.08. The molecule has 0 aromatic carbocycles. The van der Waals surface area contributed by atoms with E-state index in [1.54, 1.807) is 0 Å². The summed E-state index contributed by atoms with van der Waals surface area (Å²) in [4.78, 5) is 11.3. The van der Waals surface area contributed by atoms with Crippen LogP contribution in [0.25, 0.3) is 5.65 Å². The summed E-state index contributed by atoms with van der Waals surface area (Å²) in [6.45, 7) is 6.12. The molecule has 3 heterocycles. The maximum Gasteiger partial charge on any atom is 0.188 e. The van der Waals surface area contributed by atoms with Gasteiger partial charge in [0.15, 0.2) is 5.96 Å². The molecule has 8 heteroatoms. The fraction of sp³-hybridized carbons (Fsp3) is 0.500. The van der Waals surface area contributed by atoms with Gasteiger partial charge in [-0.2, -0.15) is 0 Å². The van der Waals surface area contributed by atoms with Crippen LogP contribution >= 0.6 is 24.0 Å². The van der Waals surface area contributed by atoms with E-state index in [2.05, 4.69) is 20.2 Å². The number of halogens is 1. The van der Waals surface area contributed by atoms with Gasteiger partial charge in [0.1, 0.15) is 5.65 Å². The quantitative estimate of drug-likeness (QED) is 0.302. The predicted molar refractivity (Wildman–Crippen MR) is 106 cm³/mol. The summed E-state index contributed by atoms with van der Waals surface area (Å²) in [6, 6.07) is 5.92. The van der Waals surface area contributed by atoms with Crippen molar-refractivity contribution in [2.45, 2.75) is 13.0 Å². The van der Waals surface area contributed by atoms with Gasteiger partial charge in [-0.25, -0.2) is 9.98 Å². The van der Waals surface area contributed by atoms with Crippen molar-refractivity contribution < 1.29 is 4.74 Å². The third kappa shape index (κ3) is 5.60. The molecule has 0 saturated carbocycles. The number of guanidine groups is 1. The normalized spacial score (nSPS) is 16.1. The van der Waals surface area contributed by atoms with Crippen molar-refractivity contribution in [3.8, 4) is 0 Å². The average molecular weight is 444 g/mol. The molecule has 0 unspecified atom stereocenters. The molecular formula is C16H25IN6O. The summed E-state index contributed by atoms with van der Waals surface area (Å²) in [5.74, 6) is 0.476. The van der Waals surface area contributed by atoms with Gasteiger partial charge in [-0.1, -0.05) is 6.07 Å². The number of fused-ring (bicyclic) bond motifs is 1. The van der Waals surface area contributed by atoms with E-state index in [1.807, 2.05) is 35.0 Å². The Hall–Kier alpha value is -1.39. The van der Waals surface area contributed by atoms with Gasteiger partial charge in [0.05, 0.1) is 25.5 Å². The van der Waals surface area contributed by atoms with Gasteiger partial charge in [0.25, 0.3) is 0 Å². The summed E-state index contributed by atoms with van der Waals surface area (Å²) < 4.78 is 7.32. The molecule has 1 saturated heterocycles.